The number of thiophene rings is 1. The minimum absolute atomic E-state index is 0.108. The van der Waals surface area contributed by atoms with Gasteiger partial charge in [0.2, 0.25) is 0 Å². The Morgan fingerprint density at radius 2 is 2.17 bits per heavy atom. The minimum Gasteiger partial charge on any atom is -0.469 e. The van der Waals surface area contributed by atoms with Gasteiger partial charge in [0.25, 0.3) is 11.8 Å². The molecule has 2 amide bonds. The number of furan rings is 1. The molecule has 2 aromatic rings. The lowest BCUT2D eigenvalue weighted by Gasteiger charge is -2.13. The highest BCUT2D eigenvalue weighted by molar-refractivity contribution is 7.14. The number of primary amides is 1. The number of anilines is 1. The molecule has 0 aliphatic rings. The number of ether oxygens (including phenoxy) is 1. The summed E-state index contributed by atoms with van der Waals surface area (Å²) in [5, 5.41) is 4.50. The second-order valence-electron chi connectivity index (χ2n) is 4.73. The van der Waals surface area contributed by atoms with Gasteiger partial charge in [-0.15, -0.1) is 11.3 Å². The van der Waals surface area contributed by atoms with Crippen molar-refractivity contribution in [2.24, 2.45) is 5.73 Å². The highest BCUT2D eigenvalue weighted by Gasteiger charge is 2.20. The van der Waals surface area contributed by atoms with Crippen molar-refractivity contribution in [3.63, 3.8) is 0 Å². The van der Waals surface area contributed by atoms with Crippen LogP contribution in [-0.4, -0.2) is 23.9 Å². The van der Waals surface area contributed by atoms with E-state index in [0.29, 0.717) is 17.2 Å². The maximum absolute atomic E-state index is 12.0. The number of amides is 2. The van der Waals surface area contributed by atoms with Crippen molar-refractivity contribution in [3.05, 3.63) is 41.2 Å². The summed E-state index contributed by atoms with van der Waals surface area (Å²) in [7, 11) is 0. The van der Waals surface area contributed by atoms with Crippen LogP contribution in [0.5, 0.6) is 0 Å². The van der Waals surface area contributed by atoms with Gasteiger partial charge in [-0.3, -0.25) is 14.4 Å². The molecule has 122 valence electrons. The van der Waals surface area contributed by atoms with Gasteiger partial charge in [0.1, 0.15) is 10.8 Å². The lowest BCUT2D eigenvalue weighted by atomic mass is 10.2. The van der Waals surface area contributed by atoms with Crippen molar-refractivity contribution in [2.75, 3.05) is 5.32 Å². The molecule has 0 aliphatic carbocycles. The average Bonchev–Trinajstić information content (AvgIpc) is 3.16. The van der Waals surface area contributed by atoms with Gasteiger partial charge >= 0.3 is 5.97 Å². The van der Waals surface area contributed by atoms with Crippen molar-refractivity contribution in [3.8, 4) is 0 Å². The minimum atomic E-state index is -0.984. The number of hydrogen-bond acceptors (Lipinski definition) is 6. The van der Waals surface area contributed by atoms with E-state index in [4.69, 9.17) is 14.9 Å². The molecule has 8 heteroatoms. The van der Waals surface area contributed by atoms with Gasteiger partial charge in [0.15, 0.2) is 6.10 Å². The lowest BCUT2D eigenvalue weighted by molar-refractivity contribution is -0.153. The molecule has 2 heterocycles. The fraction of sp³-hybridized carbons (Fsp3) is 0.267. The van der Waals surface area contributed by atoms with Crippen LogP contribution in [-0.2, 0) is 20.7 Å². The third-order valence-electron chi connectivity index (χ3n) is 3.00. The zero-order valence-electron chi connectivity index (χ0n) is 12.4. The van der Waals surface area contributed by atoms with Crippen LogP contribution in [0, 0.1) is 0 Å². The van der Waals surface area contributed by atoms with Crippen LogP contribution < -0.4 is 11.1 Å². The topological polar surface area (TPSA) is 112 Å². The van der Waals surface area contributed by atoms with E-state index < -0.39 is 23.9 Å². The second kappa shape index (κ2) is 7.59. The van der Waals surface area contributed by atoms with Crippen molar-refractivity contribution < 1.29 is 23.5 Å². The number of nitrogens with one attached hydrogen (secondary N) is 1. The zero-order chi connectivity index (χ0) is 16.8. The number of hydrogen-bond donors (Lipinski definition) is 2. The van der Waals surface area contributed by atoms with Crippen LogP contribution in [0.4, 0.5) is 5.00 Å². The van der Waals surface area contributed by atoms with Crippen LogP contribution in [0.3, 0.4) is 0 Å². The largest absolute Gasteiger partial charge is 0.469 e. The molecule has 0 aliphatic heterocycles. The molecule has 0 fully saturated rings. The smallest absolute Gasteiger partial charge is 0.307 e. The Morgan fingerprint density at radius 3 is 2.83 bits per heavy atom. The van der Waals surface area contributed by atoms with Crippen molar-refractivity contribution in [2.45, 2.75) is 25.9 Å². The first kappa shape index (κ1) is 16.8. The summed E-state index contributed by atoms with van der Waals surface area (Å²) in [6.07, 6.45) is 1.05. The Balaban J connectivity index is 1.83. The first-order chi connectivity index (χ1) is 11.0. The molecule has 1 atom stereocenters. The van der Waals surface area contributed by atoms with Gasteiger partial charge in [-0.1, -0.05) is 0 Å². The van der Waals surface area contributed by atoms with E-state index in [1.165, 1.54) is 30.6 Å². The quantitative estimate of drug-likeness (QED) is 0.751. The Morgan fingerprint density at radius 1 is 1.39 bits per heavy atom. The summed E-state index contributed by atoms with van der Waals surface area (Å²) in [6.45, 7) is 1.46. The van der Waals surface area contributed by atoms with Crippen LogP contribution in [0.2, 0.25) is 0 Å². The maximum atomic E-state index is 12.0. The standard InChI is InChI=1S/C15H16N2O5S/c1-9(22-12(18)5-4-10-3-2-7-21-10)14(20)17-15-11(13(16)19)6-8-23-15/h2-3,6-9H,4-5H2,1H3,(H2,16,19)(H,17,20)/t9-/m0/s1. The third-order valence-corrected chi connectivity index (χ3v) is 3.83. The highest BCUT2D eigenvalue weighted by Crippen LogP contribution is 2.23. The Hall–Kier alpha value is -2.61. The molecule has 2 aromatic heterocycles. The van der Waals surface area contributed by atoms with E-state index in [-0.39, 0.29) is 12.0 Å². The molecule has 3 N–H and O–H groups in total. The zero-order valence-corrected chi connectivity index (χ0v) is 13.2. The number of rotatable bonds is 7. The molecular weight excluding hydrogens is 320 g/mol. The Bertz CT molecular complexity index is 693. The van der Waals surface area contributed by atoms with E-state index in [2.05, 4.69) is 5.32 Å². The van der Waals surface area contributed by atoms with E-state index in [1.54, 1.807) is 17.5 Å². The molecular formula is C15H16N2O5S. The summed E-state index contributed by atoms with van der Waals surface area (Å²) in [5.74, 6) is -1.000. The molecule has 23 heavy (non-hydrogen) atoms. The molecule has 7 nitrogen and oxygen atoms in total. The highest BCUT2D eigenvalue weighted by atomic mass is 32.1. The summed E-state index contributed by atoms with van der Waals surface area (Å²) >= 11 is 1.17. The van der Waals surface area contributed by atoms with Gasteiger partial charge < -0.3 is 20.2 Å². The van der Waals surface area contributed by atoms with Gasteiger partial charge in [-0.05, 0) is 30.5 Å². The molecule has 0 radical (unpaired) electrons. The van der Waals surface area contributed by atoms with E-state index in [9.17, 15) is 14.4 Å². The van der Waals surface area contributed by atoms with Crippen molar-refractivity contribution in [1.82, 2.24) is 0 Å². The molecule has 0 aromatic carbocycles. The first-order valence-electron chi connectivity index (χ1n) is 6.87. The molecule has 0 bridgehead atoms. The van der Waals surface area contributed by atoms with E-state index >= 15 is 0 Å². The molecule has 0 saturated carbocycles. The van der Waals surface area contributed by atoms with Crippen molar-refractivity contribution >= 4 is 34.1 Å². The van der Waals surface area contributed by atoms with E-state index in [1.807, 2.05) is 0 Å². The van der Waals surface area contributed by atoms with Crippen LogP contribution in [0.1, 0.15) is 29.5 Å². The van der Waals surface area contributed by atoms with Gasteiger partial charge in [0.05, 0.1) is 18.2 Å². The Kier molecular flexibility index (Phi) is 5.53. The predicted octanol–water partition coefficient (Wildman–Crippen LogP) is 1.94. The first-order valence-corrected chi connectivity index (χ1v) is 7.75. The average molecular weight is 336 g/mol. The molecule has 0 unspecified atom stereocenters. The second-order valence-corrected chi connectivity index (χ2v) is 5.64. The normalized spacial score (nSPS) is 11.7. The number of nitrogens with two attached hydrogens (primary N) is 1. The number of aryl methyl sites for hydroxylation is 1. The van der Waals surface area contributed by atoms with Gasteiger partial charge in [0, 0.05) is 6.42 Å². The predicted molar refractivity (Wildman–Crippen MR) is 84.0 cm³/mol. The SMILES string of the molecule is C[C@H](OC(=O)CCc1ccco1)C(=O)Nc1sccc1C(N)=O. The fourth-order valence-corrected chi connectivity index (χ4v) is 2.60. The molecule has 0 saturated heterocycles. The van der Waals surface area contributed by atoms with Gasteiger partial charge in [-0.25, -0.2) is 0 Å². The maximum Gasteiger partial charge on any atom is 0.307 e. The summed E-state index contributed by atoms with van der Waals surface area (Å²) in [5.41, 5.74) is 5.42. The lowest BCUT2D eigenvalue weighted by Crippen LogP contribution is -2.30. The van der Waals surface area contributed by atoms with Gasteiger partial charge in [-0.2, -0.15) is 0 Å². The van der Waals surface area contributed by atoms with E-state index in [0.717, 1.165) is 0 Å². The van der Waals surface area contributed by atoms with Crippen molar-refractivity contribution in [1.29, 1.82) is 0 Å². The summed E-state index contributed by atoms with van der Waals surface area (Å²) in [4.78, 5) is 34.9. The number of esters is 1. The monoisotopic (exact) mass is 336 g/mol. The summed E-state index contributed by atoms with van der Waals surface area (Å²) in [6, 6.07) is 5.00. The summed E-state index contributed by atoms with van der Waals surface area (Å²) < 4.78 is 10.2. The third kappa shape index (κ3) is 4.68. The number of carbonyl (C=O) groups is 3. The van der Waals surface area contributed by atoms with Crippen LogP contribution >= 0.6 is 11.3 Å². The Labute approximate surface area is 136 Å². The molecule has 0 spiro atoms. The fourth-order valence-electron chi connectivity index (χ4n) is 1.80. The molecule has 2 rings (SSSR count). The van der Waals surface area contributed by atoms with Crippen LogP contribution in [0.15, 0.2) is 34.3 Å². The van der Waals surface area contributed by atoms with Crippen LogP contribution in [0.25, 0.3) is 0 Å². The number of carbonyl (C=O) groups excluding carboxylic acids is 3.